The fourth-order valence-electron chi connectivity index (χ4n) is 4.31. The number of fused-ring (bicyclic) bond motifs is 1. The molecule has 2 aliphatic rings. The number of benzene rings is 1. The fraction of sp³-hybridized carbons (Fsp3) is 0.478. The smallest absolute Gasteiger partial charge is 0.220 e. The first-order chi connectivity index (χ1) is 13.8. The molecule has 1 amide bonds. The van der Waals surface area contributed by atoms with Crippen molar-refractivity contribution in [1.82, 2.24) is 15.2 Å². The van der Waals surface area contributed by atoms with Crippen LogP contribution in [-0.2, 0) is 16.0 Å². The van der Waals surface area contributed by atoms with Crippen LogP contribution in [0.15, 0.2) is 54.9 Å². The number of nitrogens with zero attached hydrogens (tertiary/aromatic N) is 2. The first kappa shape index (κ1) is 19.1. The largest absolute Gasteiger partial charge is 0.371 e. The highest BCUT2D eigenvalue weighted by Crippen LogP contribution is 2.30. The molecule has 1 aromatic heterocycles. The molecule has 0 radical (unpaired) electrons. The normalized spacial score (nSPS) is 24.6. The average molecular weight is 380 g/mol. The molecule has 148 valence electrons. The monoisotopic (exact) mass is 379 g/mol. The molecule has 1 N–H and O–H groups in total. The lowest BCUT2D eigenvalue weighted by Crippen LogP contribution is -2.43. The predicted molar refractivity (Wildman–Crippen MR) is 109 cm³/mol. The summed E-state index contributed by atoms with van der Waals surface area (Å²) in [5, 5.41) is 3.24. The van der Waals surface area contributed by atoms with Gasteiger partial charge in [-0.05, 0) is 42.9 Å². The number of aromatic nitrogens is 1. The van der Waals surface area contributed by atoms with E-state index in [1.165, 1.54) is 11.1 Å². The number of unbranched alkanes of at least 4 members (excludes halogenated alkanes) is 1. The van der Waals surface area contributed by atoms with E-state index in [-0.39, 0.29) is 18.1 Å². The number of hydrogen-bond donors (Lipinski definition) is 1. The van der Waals surface area contributed by atoms with Gasteiger partial charge in [-0.15, -0.1) is 0 Å². The number of pyridine rings is 1. The molecule has 2 saturated heterocycles. The highest BCUT2D eigenvalue weighted by atomic mass is 16.5. The molecule has 0 unspecified atom stereocenters. The zero-order chi connectivity index (χ0) is 19.2. The summed E-state index contributed by atoms with van der Waals surface area (Å²) in [5.74, 6) is 0.177. The number of nitrogens with one attached hydrogen (secondary N) is 1. The molecule has 0 aliphatic carbocycles. The van der Waals surface area contributed by atoms with Crippen molar-refractivity contribution in [3.63, 3.8) is 0 Å². The number of carbonyl (C=O) groups is 1. The van der Waals surface area contributed by atoms with Crippen molar-refractivity contribution in [2.75, 3.05) is 19.7 Å². The molecule has 4 rings (SSSR count). The third-order valence-electron chi connectivity index (χ3n) is 5.80. The number of carbonyl (C=O) groups excluding carboxylic acids is 1. The van der Waals surface area contributed by atoms with Gasteiger partial charge >= 0.3 is 0 Å². The van der Waals surface area contributed by atoms with Crippen LogP contribution in [0.3, 0.4) is 0 Å². The van der Waals surface area contributed by atoms with Crippen molar-refractivity contribution in [2.24, 2.45) is 0 Å². The van der Waals surface area contributed by atoms with E-state index in [1.807, 2.05) is 18.3 Å². The summed E-state index contributed by atoms with van der Waals surface area (Å²) in [6, 6.07) is 15.1. The number of ether oxygens (including phenoxy) is 1. The summed E-state index contributed by atoms with van der Waals surface area (Å²) >= 11 is 0. The van der Waals surface area contributed by atoms with E-state index in [2.05, 4.69) is 45.5 Å². The highest BCUT2D eigenvalue weighted by molar-refractivity contribution is 5.76. The van der Waals surface area contributed by atoms with Crippen LogP contribution in [0.1, 0.15) is 42.9 Å². The molecule has 3 heterocycles. The number of rotatable bonds is 7. The maximum Gasteiger partial charge on any atom is 0.220 e. The van der Waals surface area contributed by atoms with Crippen LogP contribution in [0.4, 0.5) is 0 Å². The van der Waals surface area contributed by atoms with Crippen LogP contribution < -0.4 is 5.32 Å². The van der Waals surface area contributed by atoms with Crippen LogP contribution in [0.2, 0.25) is 0 Å². The van der Waals surface area contributed by atoms with Crippen LogP contribution in [0, 0.1) is 0 Å². The molecule has 2 aliphatic heterocycles. The Morgan fingerprint density at radius 2 is 2.04 bits per heavy atom. The van der Waals surface area contributed by atoms with Crippen LogP contribution in [-0.4, -0.2) is 47.6 Å². The average Bonchev–Trinajstić information content (AvgIpc) is 3.14. The van der Waals surface area contributed by atoms with Gasteiger partial charge in [0.25, 0.3) is 0 Å². The molecule has 0 saturated carbocycles. The van der Waals surface area contributed by atoms with Crippen LogP contribution >= 0.6 is 0 Å². The molecule has 3 atom stereocenters. The molecule has 0 spiro atoms. The summed E-state index contributed by atoms with van der Waals surface area (Å²) in [6.45, 7) is 2.59. The first-order valence-corrected chi connectivity index (χ1v) is 10.4. The number of morpholine rings is 1. The highest BCUT2D eigenvalue weighted by Gasteiger charge is 2.38. The van der Waals surface area contributed by atoms with Gasteiger partial charge in [0.1, 0.15) is 0 Å². The molecule has 2 aromatic rings. The Kier molecular flexibility index (Phi) is 6.34. The minimum Gasteiger partial charge on any atom is -0.371 e. The van der Waals surface area contributed by atoms with Gasteiger partial charge in [-0.1, -0.05) is 36.4 Å². The van der Waals surface area contributed by atoms with Crippen molar-refractivity contribution in [3.05, 3.63) is 66.0 Å². The van der Waals surface area contributed by atoms with Gasteiger partial charge in [0.15, 0.2) is 0 Å². The number of amides is 1. The lowest BCUT2D eigenvalue weighted by atomic mass is 10.1. The van der Waals surface area contributed by atoms with Gasteiger partial charge < -0.3 is 10.1 Å². The Balaban J connectivity index is 1.18. The van der Waals surface area contributed by atoms with E-state index in [4.69, 9.17) is 4.74 Å². The Bertz CT molecular complexity index is 753. The Hall–Kier alpha value is -2.24. The summed E-state index contributed by atoms with van der Waals surface area (Å²) in [7, 11) is 0. The van der Waals surface area contributed by atoms with Gasteiger partial charge in [0, 0.05) is 44.0 Å². The zero-order valence-electron chi connectivity index (χ0n) is 16.3. The number of hydrogen-bond acceptors (Lipinski definition) is 4. The second-order valence-corrected chi connectivity index (χ2v) is 7.91. The standard InChI is InChI=1S/C23H29N3O2/c27-23(11-5-4-7-18-8-6-12-24-14-18)25-20-13-21-17-28-22(16-26(21)15-20)19-9-2-1-3-10-19/h1-3,6,8-10,12,14,20-22H,4-5,7,11,13,15-17H2,(H,25,27)/t20-,21+,22-/m1/s1. The summed E-state index contributed by atoms with van der Waals surface area (Å²) < 4.78 is 6.09. The number of aryl methyl sites for hydroxylation is 1. The molecule has 1 aromatic carbocycles. The minimum atomic E-state index is 0.138. The molecule has 2 fully saturated rings. The van der Waals surface area contributed by atoms with Crippen molar-refractivity contribution < 1.29 is 9.53 Å². The maximum atomic E-state index is 12.3. The lowest BCUT2D eigenvalue weighted by molar-refractivity contribution is -0.121. The Morgan fingerprint density at radius 3 is 2.86 bits per heavy atom. The summed E-state index contributed by atoms with van der Waals surface area (Å²) in [5.41, 5.74) is 2.48. The van der Waals surface area contributed by atoms with Gasteiger partial charge in [-0.2, -0.15) is 0 Å². The molecular weight excluding hydrogens is 350 g/mol. The predicted octanol–water partition coefficient (Wildman–Crippen LogP) is 3.13. The second-order valence-electron chi connectivity index (χ2n) is 7.91. The second kappa shape index (κ2) is 9.30. The van der Waals surface area contributed by atoms with E-state index in [1.54, 1.807) is 6.20 Å². The SMILES string of the molecule is O=C(CCCCc1cccnc1)N[C@@H]1C[C@H]2CO[C@@H](c3ccccc3)CN2C1. The third kappa shape index (κ3) is 4.97. The maximum absolute atomic E-state index is 12.3. The van der Waals surface area contributed by atoms with E-state index < -0.39 is 0 Å². The zero-order valence-corrected chi connectivity index (χ0v) is 16.3. The van der Waals surface area contributed by atoms with Gasteiger partial charge in [0.2, 0.25) is 5.91 Å². The van der Waals surface area contributed by atoms with Crippen molar-refractivity contribution in [2.45, 2.75) is 50.3 Å². The summed E-state index contributed by atoms with van der Waals surface area (Å²) in [4.78, 5) is 18.9. The quantitative estimate of drug-likeness (QED) is 0.751. The third-order valence-corrected chi connectivity index (χ3v) is 5.80. The lowest BCUT2D eigenvalue weighted by Gasteiger charge is -2.35. The van der Waals surface area contributed by atoms with E-state index in [0.717, 1.165) is 45.4 Å². The van der Waals surface area contributed by atoms with Crippen molar-refractivity contribution in [1.29, 1.82) is 0 Å². The topological polar surface area (TPSA) is 54.5 Å². The Morgan fingerprint density at radius 1 is 1.14 bits per heavy atom. The van der Waals surface area contributed by atoms with E-state index in [0.29, 0.717) is 12.5 Å². The van der Waals surface area contributed by atoms with Crippen molar-refractivity contribution in [3.8, 4) is 0 Å². The van der Waals surface area contributed by atoms with Gasteiger partial charge in [-0.3, -0.25) is 14.7 Å². The fourth-order valence-corrected chi connectivity index (χ4v) is 4.31. The van der Waals surface area contributed by atoms with Gasteiger partial charge in [0.05, 0.1) is 12.7 Å². The van der Waals surface area contributed by atoms with E-state index in [9.17, 15) is 4.79 Å². The molecule has 28 heavy (non-hydrogen) atoms. The van der Waals surface area contributed by atoms with Crippen LogP contribution in [0.25, 0.3) is 0 Å². The van der Waals surface area contributed by atoms with Crippen molar-refractivity contribution >= 4 is 5.91 Å². The molecular formula is C23H29N3O2. The Labute approximate surface area is 167 Å². The van der Waals surface area contributed by atoms with Gasteiger partial charge in [-0.25, -0.2) is 0 Å². The molecule has 0 bridgehead atoms. The van der Waals surface area contributed by atoms with Crippen LogP contribution in [0.5, 0.6) is 0 Å². The molecule has 5 nitrogen and oxygen atoms in total. The first-order valence-electron chi connectivity index (χ1n) is 10.4. The molecule has 5 heteroatoms. The minimum absolute atomic E-state index is 0.138. The van der Waals surface area contributed by atoms with E-state index >= 15 is 0 Å². The summed E-state index contributed by atoms with van der Waals surface area (Å²) in [6.07, 6.45) is 8.34.